The lowest BCUT2D eigenvalue weighted by molar-refractivity contribution is 0.0989. The summed E-state index contributed by atoms with van der Waals surface area (Å²) in [5.41, 5.74) is 18.1. The molecule has 0 spiro atoms. The zero-order valence-electron chi connectivity index (χ0n) is 67.7. The number of amides is 3. The van der Waals surface area contributed by atoms with Gasteiger partial charge in [-0.3, -0.25) is 14.4 Å². The molecule has 11 heterocycles. The average Bonchev–Trinajstić information content (AvgIpc) is 1.61. The first-order valence-electron chi connectivity index (χ1n) is 39.6. The first-order chi connectivity index (χ1) is 56.0. The minimum absolute atomic E-state index is 0. The minimum Gasteiger partial charge on any atom is -0.375 e. The van der Waals surface area contributed by atoms with Gasteiger partial charge in [0.2, 0.25) is 0 Å². The predicted octanol–water partition coefficient (Wildman–Crippen LogP) is 13.6. The third-order valence-corrected chi connectivity index (χ3v) is 29.2. The van der Waals surface area contributed by atoms with Gasteiger partial charge in [0.15, 0.2) is 46.5 Å². The summed E-state index contributed by atoms with van der Waals surface area (Å²) in [7, 11) is 0.437. The Morgan fingerprint density at radius 1 is 0.444 bits per heavy atom. The highest BCUT2D eigenvalue weighted by atomic mass is 32.2. The van der Waals surface area contributed by atoms with E-state index in [9.17, 15) is 39.6 Å². The van der Waals surface area contributed by atoms with Gasteiger partial charge in [0.25, 0.3) is 17.7 Å². The third-order valence-electron chi connectivity index (χ3n) is 22.7. The summed E-state index contributed by atoms with van der Waals surface area (Å²) in [5.74, 6) is -0.173. The predicted molar refractivity (Wildman–Crippen MR) is 469 cm³/mol. The second-order valence-electron chi connectivity index (χ2n) is 31.8. The SMILES string of the molecule is CC(C)S(=O)(=O)c1ccc(-c2cnc3[nH]cc(N4Cc5cc(N(C)CCCN(C)C)ccc5C4=O)c3n2)cc1.CC(C)S(=O)(=O)c1ccc(-c2cnc3[nH]cc(N4Cc5cc(N6CCC(N(C)C)CC6)ccc5C4=O)c3n2)cc1.CC(C)S(=O)(=O)c1ccc(-c2cnc3[nH]cc(N4Cc5cc(N6CCCNCC6)ccc5C4=O)c3n2)cc1.[HH].[HH].[HH].[HH]. The van der Waals surface area contributed by atoms with Crippen molar-refractivity contribution in [3.05, 3.63) is 198 Å². The maximum Gasteiger partial charge on any atom is 0.259 e. The maximum absolute atomic E-state index is 13.5. The highest BCUT2D eigenvalue weighted by molar-refractivity contribution is 7.92. The van der Waals surface area contributed by atoms with Crippen LogP contribution >= 0.6 is 0 Å². The van der Waals surface area contributed by atoms with E-state index in [1.807, 2.05) is 30.3 Å². The van der Waals surface area contributed by atoms with Crippen LogP contribution in [0.1, 0.15) is 121 Å². The van der Waals surface area contributed by atoms with Gasteiger partial charge < -0.3 is 59.5 Å². The second-order valence-corrected chi connectivity index (χ2v) is 39.3. The van der Waals surface area contributed by atoms with Crippen LogP contribution in [0.5, 0.6) is 0 Å². The number of aromatic nitrogens is 9. The quantitative estimate of drug-likeness (QED) is 0.0551. The summed E-state index contributed by atoms with van der Waals surface area (Å²) in [6, 6.07) is 39.0. The number of hydrogen-bond acceptors (Lipinski definition) is 21. The van der Waals surface area contributed by atoms with Crippen molar-refractivity contribution in [3.8, 4) is 33.8 Å². The molecule has 0 saturated carbocycles. The highest BCUT2D eigenvalue weighted by Gasteiger charge is 2.36. The second kappa shape index (κ2) is 33.0. The summed E-state index contributed by atoms with van der Waals surface area (Å²) in [4.78, 5) is 95.3. The number of nitrogens with zero attached hydrogens (tertiary/aromatic N) is 14. The summed E-state index contributed by atoms with van der Waals surface area (Å²) < 4.78 is 75.0. The van der Waals surface area contributed by atoms with Gasteiger partial charge in [-0.05, 0) is 216 Å². The fourth-order valence-corrected chi connectivity index (χ4v) is 18.7. The van der Waals surface area contributed by atoms with Gasteiger partial charge >= 0.3 is 0 Å². The Hall–Kier alpha value is -11.3. The van der Waals surface area contributed by atoms with Crippen LogP contribution < -0.4 is 34.7 Å². The van der Waals surface area contributed by atoms with E-state index >= 15 is 0 Å². The van der Waals surface area contributed by atoms with E-state index in [0.717, 1.165) is 128 Å². The molecule has 2 fully saturated rings. The Labute approximate surface area is 688 Å². The van der Waals surface area contributed by atoms with Crippen LogP contribution in [-0.4, -0.2) is 207 Å². The van der Waals surface area contributed by atoms with Gasteiger partial charge in [-0.2, -0.15) is 0 Å². The van der Waals surface area contributed by atoms with Crippen molar-refractivity contribution in [2.75, 3.05) is 117 Å². The van der Waals surface area contributed by atoms with E-state index in [4.69, 9.17) is 15.0 Å². The van der Waals surface area contributed by atoms with Crippen LogP contribution in [0.4, 0.5) is 34.1 Å². The number of nitrogens with one attached hydrogen (secondary N) is 4. The molecule has 616 valence electrons. The monoisotopic (exact) mass is 1640 g/mol. The molecule has 0 bridgehead atoms. The van der Waals surface area contributed by atoms with Gasteiger partial charge in [0.05, 0.1) is 103 Å². The molecule has 17 rings (SSSR count). The molecule has 0 radical (unpaired) electrons. The molecule has 6 aromatic heterocycles. The first-order valence-corrected chi connectivity index (χ1v) is 44.3. The molecule has 0 aliphatic carbocycles. The lowest BCUT2D eigenvalue weighted by Crippen LogP contribution is -2.42. The Kier molecular flexibility index (Phi) is 22.8. The molecule has 2 saturated heterocycles. The summed E-state index contributed by atoms with van der Waals surface area (Å²) in [6.07, 6.45) is 14.7. The lowest BCUT2D eigenvalue weighted by Gasteiger charge is -2.36. The number of rotatable bonds is 20. The molecule has 30 heteroatoms. The smallest absolute Gasteiger partial charge is 0.259 e. The number of piperidine rings is 1. The zero-order valence-corrected chi connectivity index (χ0v) is 70.1. The largest absolute Gasteiger partial charge is 0.375 e. The summed E-state index contributed by atoms with van der Waals surface area (Å²) in [5, 5.41) is 1.95. The molecule has 4 N–H and O–H groups in total. The minimum atomic E-state index is -3.36. The molecule has 0 unspecified atom stereocenters. The van der Waals surface area contributed by atoms with Crippen LogP contribution in [0.15, 0.2) is 179 Å². The molecule has 117 heavy (non-hydrogen) atoms. The summed E-state index contributed by atoms with van der Waals surface area (Å²) >= 11 is 0. The zero-order chi connectivity index (χ0) is 82.5. The van der Waals surface area contributed by atoms with Crippen molar-refractivity contribution >= 4 is 115 Å². The van der Waals surface area contributed by atoms with Gasteiger partial charge in [0, 0.05) is 127 Å². The van der Waals surface area contributed by atoms with Crippen LogP contribution in [0.25, 0.3) is 67.3 Å². The number of sulfone groups is 3. The van der Waals surface area contributed by atoms with E-state index in [2.05, 4.69) is 119 Å². The first kappa shape index (κ1) is 80.9. The van der Waals surface area contributed by atoms with E-state index in [1.54, 1.807) is 166 Å². The Morgan fingerprint density at radius 2 is 0.812 bits per heavy atom. The van der Waals surface area contributed by atoms with Crippen molar-refractivity contribution in [1.82, 2.24) is 60.0 Å². The molecular weight excluding hydrogens is 1540 g/mol. The van der Waals surface area contributed by atoms with E-state index in [1.165, 1.54) is 0 Å². The number of anilines is 6. The van der Waals surface area contributed by atoms with Gasteiger partial charge in [0.1, 0.15) is 16.6 Å². The van der Waals surface area contributed by atoms with Gasteiger partial charge in [-0.15, -0.1) is 0 Å². The topological polar surface area (TPSA) is 316 Å². The highest BCUT2D eigenvalue weighted by Crippen LogP contribution is 2.40. The lowest BCUT2D eigenvalue weighted by atomic mass is 10.0. The van der Waals surface area contributed by atoms with Crippen molar-refractivity contribution in [3.63, 3.8) is 0 Å². The van der Waals surface area contributed by atoms with Crippen molar-refractivity contribution < 1.29 is 45.3 Å². The molecule has 12 aromatic rings. The van der Waals surface area contributed by atoms with E-state index < -0.39 is 45.3 Å². The fourth-order valence-electron chi connectivity index (χ4n) is 15.6. The maximum atomic E-state index is 13.5. The number of hydrogen-bond donors (Lipinski definition) is 4. The Bertz CT molecular complexity index is 6140. The third kappa shape index (κ3) is 16.3. The molecule has 5 aliphatic rings. The number of aromatic amines is 3. The van der Waals surface area contributed by atoms with Gasteiger partial charge in [-0.1, -0.05) is 36.4 Å². The molecule has 3 amide bonds. The Balaban J connectivity index is 0.000000174. The fraction of sp³-hybridized carbons (Fsp3) is 0.345. The van der Waals surface area contributed by atoms with Crippen LogP contribution in [0.2, 0.25) is 0 Å². The van der Waals surface area contributed by atoms with Crippen LogP contribution in [0, 0.1) is 0 Å². The number of benzene rings is 6. The summed E-state index contributed by atoms with van der Waals surface area (Å²) in [6.45, 7) is 19.3. The number of carbonyl (C=O) groups excluding carboxylic acids is 3. The number of H-pyrrole nitrogens is 3. The molecular formula is C87H106N18O9S3. The van der Waals surface area contributed by atoms with Crippen LogP contribution in [-0.2, 0) is 49.1 Å². The molecule has 6 aromatic carbocycles. The van der Waals surface area contributed by atoms with E-state index in [-0.39, 0.29) is 38.1 Å². The Morgan fingerprint density at radius 3 is 1.18 bits per heavy atom. The standard InChI is InChI=1S/C30H34N6O3S.C29H34N6O3S.C28H30N6O3S.4H2/c1-19(2)40(38,39)24-8-5-20(6-9-24)26-16-31-29-28(33-26)27(17-32-29)36-18-21-15-23(7-10-25(21)30(36)37)35-13-11-22(12-14-35)34(3)4;1-19(2)39(37,38)23-10-7-20(8-11-23)25-16-30-28-27(32-25)26(17-31-28)35-18-21-15-22(9-12-24(21)29(35)36)34(5)14-6-13-33(3)4;1-18(2)38(36,37)22-7-4-19(5-8-22)24-15-30-27-26(32-24)25(16-31-27)34-17-20-14-21(6-9-23(20)28(34)35)33-12-3-10-29-11-13-33;;;;/h5-10,15-17,19,22H,11-14,18H2,1-4H3,(H,31,32);7-12,15-17,19H,6,13-14,18H2,1-5H3,(H,30,31);4-9,14-16,18,29H,3,10-13,17H2,1-2H3,(H,30,31);4*1H. The number of fused-ring (bicyclic) bond motifs is 6. The number of carbonyl (C=O) groups is 3. The normalized spacial score (nSPS) is 15.5. The van der Waals surface area contributed by atoms with Crippen molar-refractivity contribution in [2.45, 2.75) is 123 Å². The van der Waals surface area contributed by atoms with Crippen molar-refractivity contribution in [1.29, 1.82) is 0 Å². The van der Waals surface area contributed by atoms with E-state index in [0.29, 0.717) is 110 Å². The average molecular weight is 1640 g/mol. The van der Waals surface area contributed by atoms with Crippen molar-refractivity contribution in [2.24, 2.45) is 0 Å². The van der Waals surface area contributed by atoms with Gasteiger partial charge in [-0.25, -0.2) is 55.2 Å². The van der Waals surface area contributed by atoms with Crippen LogP contribution in [0.3, 0.4) is 0 Å². The molecule has 0 atom stereocenters. The molecule has 27 nitrogen and oxygen atoms in total. The molecule has 5 aliphatic heterocycles.